The predicted octanol–water partition coefficient (Wildman–Crippen LogP) is 11.9. The molecule has 2 nitrogen and oxygen atoms in total. The Hall–Kier alpha value is -5.99. The number of allylic oxidation sites excluding steroid dienone is 4. The monoisotopic (exact) mass is 600 g/mol. The molecule has 8 aromatic rings. The van der Waals surface area contributed by atoms with Crippen LogP contribution in [0.15, 0.2) is 176 Å². The van der Waals surface area contributed by atoms with Crippen molar-refractivity contribution >= 4 is 32.6 Å². The fraction of sp³-hybridized carbons (Fsp3) is 0.0444. The van der Waals surface area contributed by atoms with Crippen LogP contribution in [0.25, 0.3) is 71.9 Å². The number of aromatic nitrogens is 2. The summed E-state index contributed by atoms with van der Waals surface area (Å²) in [7, 11) is 0. The van der Waals surface area contributed by atoms with Crippen molar-refractivity contribution in [2.24, 2.45) is 0 Å². The third-order valence-corrected chi connectivity index (χ3v) is 9.53. The standard InChI is InChI=1S/C45H32N2/c1-4-14-31(15-5-1)32-24-26-34(27-25-32)43-37-20-10-11-21-38(37)44(33-16-6-2-7-17-33)40-30-35(28-29-39(40)43)45-46-41-22-12-13-23-42(41)47(45)36-18-8-3-9-19-36/h1-16,18-30,33H,17H2/t33-/m0/s1. The Morgan fingerprint density at radius 3 is 1.94 bits per heavy atom. The molecule has 0 radical (unpaired) electrons. The zero-order valence-corrected chi connectivity index (χ0v) is 25.9. The minimum atomic E-state index is 0.282. The van der Waals surface area contributed by atoms with Crippen LogP contribution in [0, 0.1) is 0 Å². The molecule has 0 unspecified atom stereocenters. The summed E-state index contributed by atoms with van der Waals surface area (Å²) >= 11 is 0. The van der Waals surface area contributed by atoms with E-state index in [4.69, 9.17) is 4.98 Å². The lowest BCUT2D eigenvalue weighted by atomic mass is 9.81. The van der Waals surface area contributed by atoms with Crippen molar-refractivity contribution in [2.75, 3.05) is 0 Å². The third kappa shape index (κ3) is 4.69. The maximum Gasteiger partial charge on any atom is 0.145 e. The molecule has 9 rings (SSSR count). The lowest BCUT2D eigenvalue weighted by Crippen LogP contribution is -2.02. The smallest absolute Gasteiger partial charge is 0.145 e. The molecule has 0 spiro atoms. The summed E-state index contributed by atoms with van der Waals surface area (Å²) in [5.41, 5.74) is 10.6. The van der Waals surface area contributed by atoms with Gasteiger partial charge in [-0.3, -0.25) is 4.57 Å². The molecule has 222 valence electrons. The first-order valence-electron chi connectivity index (χ1n) is 16.3. The first-order valence-corrected chi connectivity index (χ1v) is 16.3. The van der Waals surface area contributed by atoms with Gasteiger partial charge in [0.2, 0.25) is 0 Å². The highest BCUT2D eigenvalue weighted by Gasteiger charge is 2.22. The summed E-state index contributed by atoms with van der Waals surface area (Å²) in [6.45, 7) is 0. The van der Waals surface area contributed by atoms with Gasteiger partial charge in [0.05, 0.1) is 11.0 Å². The average molecular weight is 601 g/mol. The van der Waals surface area contributed by atoms with Gasteiger partial charge in [-0.2, -0.15) is 0 Å². The lowest BCUT2D eigenvalue weighted by Gasteiger charge is -2.23. The maximum absolute atomic E-state index is 5.23. The van der Waals surface area contributed by atoms with Crippen LogP contribution in [0.4, 0.5) is 0 Å². The molecule has 47 heavy (non-hydrogen) atoms. The molecule has 1 aliphatic rings. The number of fused-ring (bicyclic) bond motifs is 3. The van der Waals surface area contributed by atoms with Gasteiger partial charge in [-0.25, -0.2) is 4.98 Å². The molecule has 0 N–H and O–H groups in total. The van der Waals surface area contributed by atoms with Gasteiger partial charge >= 0.3 is 0 Å². The number of hydrogen-bond acceptors (Lipinski definition) is 1. The Bertz CT molecular complexity index is 2470. The predicted molar refractivity (Wildman–Crippen MR) is 198 cm³/mol. The van der Waals surface area contributed by atoms with E-state index in [1.165, 1.54) is 49.4 Å². The minimum Gasteiger partial charge on any atom is -0.292 e. The molecule has 0 bridgehead atoms. The molecule has 0 aliphatic heterocycles. The van der Waals surface area contributed by atoms with E-state index >= 15 is 0 Å². The molecule has 0 saturated heterocycles. The van der Waals surface area contributed by atoms with Gasteiger partial charge in [0, 0.05) is 17.2 Å². The van der Waals surface area contributed by atoms with Crippen molar-refractivity contribution in [3.8, 4) is 39.3 Å². The van der Waals surface area contributed by atoms with Crippen LogP contribution in [-0.4, -0.2) is 9.55 Å². The normalized spacial score (nSPS) is 14.3. The zero-order chi connectivity index (χ0) is 31.2. The van der Waals surface area contributed by atoms with Gasteiger partial charge in [0.25, 0.3) is 0 Å². The summed E-state index contributed by atoms with van der Waals surface area (Å²) in [6, 6.07) is 54.6. The van der Waals surface area contributed by atoms with Gasteiger partial charge in [0.1, 0.15) is 5.82 Å². The molecule has 0 fully saturated rings. The lowest BCUT2D eigenvalue weighted by molar-refractivity contribution is 0.870. The van der Waals surface area contributed by atoms with E-state index in [1.54, 1.807) is 0 Å². The largest absolute Gasteiger partial charge is 0.292 e. The number of hydrogen-bond donors (Lipinski definition) is 0. The Balaban J connectivity index is 1.32. The van der Waals surface area contributed by atoms with Gasteiger partial charge in [-0.15, -0.1) is 0 Å². The van der Waals surface area contributed by atoms with Crippen LogP contribution in [0.2, 0.25) is 0 Å². The summed E-state index contributed by atoms with van der Waals surface area (Å²) < 4.78 is 2.30. The summed E-state index contributed by atoms with van der Waals surface area (Å²) in [6.07, 6.45) is 10.00. The minimum absolute atomic E-state index is 0.282. The summed E-state index contributed by atoms with van der Waals surface area (Å²) in [5, 5.41) is 5.13. The Morgan fingerprint density at radius 1 is 0.511 bits per heavy atom. The average Bonchev–Trinajstić information content (AvgIpc) is 3.54. The van der Waals surface area contributed by atoms with Crippen molar-refractivity contribution in [3.05, 3.63) is 182 Å². The second kappa shape index (κ2) is 11.4. The van der Waals surface area contributed by atoms with Crippen LogP contribution in [-0.2, 0) is 0 Å². The van der Waals surface area contributed by atoms with Crippen LogP contribution in [0.1, 0.15) is 17.9 Å². The Labute approximate surface area is 274 Å². The van der Waals surface area contributed by atoms with E-state index < -0.39 is 0 Å². The first kappa shape index (κ1) is 27.3. The molecule has 0 amide bonds. The zero-order valence-electron chi connectivity index (χ0n) is 25.9. The van der Waals surface area contributed by atoms with Crippen molar-refractivity contribution < 1.29 is 0 Å². The van der Waals surface area contributed by atoms with Crippen molar-refractivity contribution in [3.63, 3.8) is 0 Å². The second-order valence-electron chi connectivity index (χ2n) is 12.3. The highest BCUT2D eigenvalue weighted by Crippen LogP contribution is 2.45. The third-order valence-electron chi connectivity index (χ3n) is 9.53. The molecule has 1 heterocycles. The van der Waals surface area contributed by atoms with E-state index in [9.17, 15) is 0 Å². The Kier molecular flexibility index (Phi) is 6.64. The molecule has 0 saturated carbocycles. The summed E-state index contributed by atoms with van der Waals surface area (Å²) in [4.78, 5) is 5.23. The molecule has 2 heteroatoms. The molecule has 7 aromatic carbocycles. The van der Waals surface area contributed by atoms with E-state index in [-0.39, 0.29) is 5.92 Å². The van der Waals surface area contributed by atoms with Gasteiger partial charge in [0.15, 0.2) is 0 Å². The molecular formula is C45H32N2. The number of rotatable bonds is 5. The van der Waals surface area contributed by atoms with E-state index in [0.717, 1.165) is 34.5 Å². The number of nitrogens with zero attached hydrogens (tertiary/aromatic N) is 2. The quantitative estimate of drug-likeness (QED) is 0.180. The molecule has 1 atom stereocenters. The molecule has 1 aromatic heterocycles. The highest BCUT2D eigenvalue weighted by atomic mass is 15.1. The topological polar surface area (TPSA) is 17.8 Å². The summed E-state index contributed by atoms with van der Waals surface area (Å²) in [5.74, 6) is 1.23. The fourth-order valence-corrected chi connectivity index (χ4v) is 7.37. The molecule has 1 aliphatic carbocycles. The first-order chi connectivity index (χ1) is 23.3. The van der Waals surface area contributed by atoms with Crippen LogP contribution >= 0.6 is 0 Å². The van der Waals surface area contributed by atoms with Gasteiger partial charge in [-0.1, -0.05) is 146 Å². The van der Waals surface area contributed by atoms with E-state index in [1.807, 2.05) is 0 Å². The van der Waals surface area contributed by atoms with E-state index in [0.29, 0.717) is 0 Å². The Morgan fingerprint density at radius 2 is 1.15 bits per heavy atom. The number of para-hydroxylation sites is 3. The van der Waals surface area contributed by atoms with Crippen LogP contribution in [0.5, 0.6) is 0 Å². The SMILES string of the molecule is C1=CC[C@@H](c2c3ccccc3c(-c3ccc(-c4ccccc4)cc3)c3ccc(-c4nc5ccccc5n4-c4ccccc4)cc23)C=C1. The van der Waals surface area contributed by atoms with Crippen molar-refractivity contribution in [2.45, 2.75) is 12.3 Å². The van der Waals surface area contributed by atoms with Gasteiger partial charge in [-0.05, 0) is 86.1 Å². The van der Waals surface area contributed by atoms with Crippen molar-refractivity contribution in [1.29, 1.82) is 0 Å². The molecular weight excluding hydrogens is 569 g/mol. The number of imidazole rings is 1. The van der Waals surface area contributed by atoms with Crippen LogP contribution < -0.4 is 0 Å². The van der Waals surface area contributed by atoms with Crippen molar-refractivity contribution in [1.82, 2.24) is 9.55 Å². The second-order valence-corrected chi connectivity index (χ2v) is 12.3. The van der Waals surface area contributed by atoms with Crippen LogP contribution in [0.3, 0.4) is 0 Å². The van der Waals surface area contributed by atoms with Gasteiger partial charge < -0.3 is 0 Å². The number of benzene rings is 7. The van der Waals surface area contributed by atoms with E-state index in [2.05, 4.69) is 181 Å². The highest BCUT2D eigenvalue weighted by molar-refractivity contribution is 6.16. The fourth-order valence-electron chi connectivity index (χ4n) is 7.37. The maximum atomic E-state index is 5.23.